The third kappa shape index (κ3) is 3.74. The summed E-state index contributed by atoms with van der Waals surface area (Å²) in [7, 11) is 4.18. The van der Waals surface area contributed by atoms with Crippen molar-refractivity contribution in [2.24, 2.45) is 0 Å². The van der Waals surface area contributed by atoms with E-state index in [1.54, 1.807) is 6.07 Å². The lowest BCUT2D eigenvalue weighted by Crippen LogP contribution is -2.36. The van der Waals surface area contributed by atoms with E-state index in [-0.39, 0.29) is 0 Å². The number of imidazole rings is 1. The Hall–Kier alpha value is -2.39. The second-order valence-corrected chi connectivity index (χ2v) is 6.56. The Morgan fingerprint density at radius 1 is 1.38 bits per heavy atom. The molecule has 1 aliphatic rings. The van der Waals surface area contributed by atoms with Gasteiger partial charge in [0.1, 0.15) is 23.4 Å². The molecular weight excluding hydrogens is 300 g/mol. The highest BCUT2D eigenvalue weighted by Gasteiger charge is 2.25. The second-order valence-electron chi connectivity index (χ2n) is 6.56. The van der Waals surface area contributed by atoms with Gasteiger partial charge >= 0.3 is 0 Å². The average Bonchev–Trinajstić information content (AvgIpc) is 3.09. The fourth-order valence-corrected chi connectivity index (χ4v) is 3.24. The quantitative estimate of drug-likeness (QED) is 0.843. The third-order valence-electron chi connectivity index (χ3n) is 4.50. The minimum absolute atomic E-state index is 0.406. The lowest BCUT2D eigenvalue weighted by Gasteiger charge is -2.33. The standard InChI is InChI=1S/C18H24N6/c1-22(2)11-12-23-10-8-20-18(23)15-5-4-9-24(14-15)17-7-3-6-16(13-19)21-17/h3,6-8,10,15H,4-5,9,11-12,14H2,1-2H3/t15-/m1/s1. The summed E-state index contributed by atoms with van der Waals surface area (Å²) in [5, 5.41) is 9.05. The van der Waals surface area contributed by atoms with Gasteiger partial charge in [-0.25, -0.2) is 9.97 Å². The molecule has 0 amide bonds. The minimum atomic E-state index is 0.406. The molecule has 6 nitrogen and oxygen atoms in total. The fourth-order valence-electron chi connectivity index (χ4n) is 3.24. The molecule has 0 bridgehead atoms. The first kappa shape index (κ1) is 16.5. The van der Waals surface area contributed by atoms with Crippen LogP contribution in [0.15, 0.2) is 30.6 Å². The van der Waals surface area contributed by atoms with Crippen molar-refractivity contribution < 1.29 is 0 Å². The van der Waals surface area contributed by atoms with Crippen molar-refractivity contribution in [3.63, 3.8) is 0 Å². The summed E-state index contributed by atoms with van der Waals surface area (Å²) < 4.78 is 2.27. The van der Waals surface area contributed by atoms with Crippen LogP contribution in [0.5, 0.6) is 0 Å². The van der Waals surface area contributed by atoms with Crippen molar-refractivity contribution in [2.45, 2.75) is 25.3 Å². The van der Waals surface area contributed by atoms with Crippen molar-refractivity contribution in [3.05, 3.63) is 42.1 Å². The smallest absolute Gasteiger partial charge is 0.142 e. The van der Waals surface area contributed by atoms with Crippen molar-refractivity contribution in [1.29, 1.82) is 5.26 Å². The Morgan fingerprint density at radius 2 is 2.25 bits per heavy atom. The summed E-state index contributed by atoms with van der Waals surface area (Å²) in [5.41, 5.74) is 0.474. The highest BCUT2D eigenvalue weighted by Crippen LogP contribution is 2.28. The zero-order valence-electron chi connectivity index (χ0n) is 14.4. The Bertz CT molecular complexity index is 714. The number of aromatic nitrogens is 3. The van der Waals surface area contributed by atoms with E-state index < -0.39 is 0 Å². The summed E-state index contributed by atoms with van der Waals surface area (Å²) in [6.07, 6.45) is 6.24. The molecule has 1 saturated heterocycles. The van der Waals surface area contributed by atoms with E-state index in [0.29, 0.717) is 11.6 Å². The first-order valence-electron chi connectivity index (χ1n) is 8.45. The maximum atomic E-state index is 9.05. The summed E-state index contributed by atoms with van der Waals surface area (Å²) in [5.74, 6) is 2.46. The van der Waals surface area contributed by atoms with E-state index in [1.807, 2.05) is 18.3 Å². The largest absolute Gasteiger partial charge is 0.356 e. The van der Waals surface area contributed by atoms with Gasteiger partial charge in [-0.2, -0.15) is 5.26 Å². The van der Waals surface area contributed by atoms with Gasteiger partial charge < -0.3 is 14.4 Å². The Labute approximate surface area is 143 Å². The maximum Gasteiger partial charge on any atom is 0.142 e. The molecule has 0 aromatic carbocycles. The molecule has 1 aliphatic heterocycles. The number of nitriles is 1. The van der Waals surface area contributed by atoms with Gasteiger partial charge in [-0.15, -0.1) is 0 Å². The third-order valence-corrected chi connectivity index (χ3v) is 4.50. The molecular formula is C18H24N6. The average molecular weight is 324 g/mol. The van der Waals surface area contributed by atoms with Crippen molar-refractivity contribution >= 4 is 5.82 Å². The highest BCUT2D eigenvalue weighted by atomic mass is 15.2. The van der Waals surface area contributed by atoms with Gasteiger partial charge in [-0.05, 0) is 39.1 Å². The number of rotatable bonds is 5. The van der Waals surface area contributed by atoms with Crippen LogP contribution in [-0.2, 0) is 6.54 Å². The Balaban J connectivity index is 1.74. The van der Waals surface area contributed by atoms with Gasteiger partial charge in [0.05, 0.1) is 0 Å². The van der Waals surface area contributed by atoms with Crippen LogP contribution in [0.4, 0.5) is 5.82 Å². The molecule has 2 aromatic rings. The lowest BCUT2D eigenvalue weighted by atomic mass is 9.97. The Kier molecular flexibility index (Phi) is 5.11. The van der Waals surface area contributed by atoms with Gasteiger partial charge in [-0.1, -0.05) is 6.07 Å². The van der Waals surface area contributed by atoms with Crippen LogP contribution in [0, 0.1) is 11.3 Å². The fraction of sp³-hybridized carbons (Fsp3) is 0.500. The van der Waals surface area contributed by atoms with Gasteiger partial charge in [0.2, 0.25) is 0 Å². The molecule has 2 aromatic heterocycles. The van der Waals surface area contributed by atoms with E-state index in [2.05, 4.69) is 50.7 Å². The summed E-state index contributed by atoms with van der Waals surface area (Å²) in [6, 6.07) is 7.76. The summed E-state index contributed by atoms with van der Waals surface area (Å²) >= 11 is 0. The van der Waals surface area contributed by atoms with Crippen LogP contribution >= 0.6 is 0 Å². The normalized spacial score (nSPS) is 17.9. The SMILES string of the molecule is CN(C)CCn1ccnc1[C@@H]1CCCN(c2cccc(C#N)n2)C1. The number of anilines is 1. The summed E-state index contributed by atoms with van der Waals surface area (Å²) in [4.78, 5) is 13.5. The number of likely N-dealkylation sites (N-methyl/N-ethyl adjacent to an activating group) is 1. The first-order chi connectivity index (χ1) is 11.7. The van der Waals surface area contributed by atoms with Gasteiger partial charge in [0.15, 0.2) is 0 Å². The van der Waals surface area contributed by atoms with Crippen LogP contribution in [0.2, 0.25) is 0 Å². The van der Waals surface area contributed by atoms with Crippen molar-refractivity contribution in [2.75, 3.05) is 38.6 Å². The van der Waals surface area contributed by atoms with Gasteiger partial charge in [0, 0.05) is 44.5 Å². The molecule has 0 aliphatic carbocycles. The molecule has 6 heteroatoms. The number of hydrogen-bond donors (Lipinski definition) is 0. The van der Waals surface area contributed by atoms with Crippen LogP contribution < -0.4 is 4.90 Å². The maximum absolute atomic E-state index is 9.05. The van der Waals surface area contributed by atoms with Crippen LogP contribution in [-0.4, -0.2) is 53.2 Å². The number of piperidine rings is 1. The predicted octanol–water partition coefficient (Wildman–Crippen LogP) is 2.10. The molecule has 0 unspecified atom stereocenters. The van der Waals surface area contributed by atoms with E-state index in [0.717, 1.165) is 50.7 Å². The highest BCUT2D eigenvalue weighted by molar-refractivity contribution is 5.42. The summed E-state index contributed by atoms with van der Waals surface area (Å²) in [6.45, 7) is 3.85. The molecule has 1 fully saturated rings. The van der Waals surface area contributed by atoms with Crippen molar-refractivity contribution in [1.82, 2.24) is 19.4 Å². The predicted molar refractivity (Wildman–Crippen MR) is 93.9 cm³/mol. The van der Waals surface area contributed by atoms with E-state index >= 15 is 0 Å². The number of nitrogens with zero attached hydrogens (tertiary/aromatic N) is 6. The molecule has 3 rings (SSSR count). The van der Waals surface area contributed by atoms with E-state index in [4.69, 9.17) is 5.26 Å². The molecule has 3 heterocycles. The molecule has 1 atom stereocenters. The zero-order chi connectivity index (χ0) is 16.9. The minimum Gasteiger partial charge on any atom is -0.356 e. The monoisotopic (exact) mass is 324 g/mol. The van der Waals surface area contributed by atoms with E-state index in [9.17, 15) is 0 Å². The van der Waals surface area contributed by atoms with Crippen LogP contribution in [0.1, 0.15) is 30.3 Å². The molecule has 126 valence electrons. The first-order valence-corrected chi connectivity index (χ1v) is 8.45. The number of hydrogen-bond acceptors (Lipinski definition) is 5. The molecule has 0 saturated carbocycles. The van der Waals surface area contributed by atoms with Crippen LogP contribution in [0.3, 0.4) is 0 Å². The second kappa shape index (κ2) is 7.45. The Morgan fingerprint density at radius 3 is 3.04 bits per heavy atom. The van der Waals surface area contributed by atoms with Crippen molar-refractivity contribution in [3.8, 4) is 6.07 Å². The van der Waals surface area contributed by atoms with Crippen LogP contribution in [0.25, 0.3) is 0 Å². The molecule has 0 N–H and O–H groups in total. The lowest BCUT2D eigenvalue weighted by molar-refractivity contribution is 0.373. The molecule has 0 radical (unpaired) electrons. The molecule has 0 spiro atoms. The molecule has 24 heavy (non-hydrogen) atoms. The topological polar surface area (TPSA) is 61.0 Å². The zero-order valence-corrected chi connectivity index (χ0v) is 14.4. The van der Waals surface area contributed by atoms with Gasteiger partial charge in [-0.3, -0.25) is 0 Å². The number of pyridine rings is 1. The van der Waals surface area contributed by atoms with Gasteiger partial charge in [0.25, 0.3) is 0 Å². The van der Waals surface area contributed by atoms with E-state index in [1.165, 1.54) is 0 Å².